The fourth-order valence-electron chi connectivity index (χ4n) is 7.80. The van der Waals surface area contributed by atoms with Crippen LogP contribution in [0.5, 0.6) is 0 Å². The molecule has 0 fully saturated rings. The van der Waals surface area contributed by atoms with Crippen LogP contribution in [0.4, 0.5) is 0 Å². The fourth-order valence-corrected chi connectivity index (χ4v) is 12.5. The van der Waals surface area contributed by atoms with Gasteiger partial charge in [0, 0.05) is 13.7 Å². The molecule has 0 aliphatic heterocycles. The van der Waals surface area contributed by atoms with Gasteiger partial charge in [-0.3, -0.25) is 4.79 Å². The number of benzene rings is 1. The van der Waals surface area contributed by atoms with Crippen LogP contribution in [-0.4, -0.2) is 37.2 Å². The summed E-state index contributed by atoms with van der Waals surface area (Å²) >= 11 is 0. The van der Waals surface area contributed by atoms with Crippen molar-refractivity contribution >= 4 is 13.2 Å². The normalized spacial score (nSPS) is 11.5. The van der Waals surface area contributed by atoms with Gasteiger partial charge in [0.15, 0.2) is 0 Å². The van der Waals surface area contributed by atoms with Crippen LogP contribution in [0.25, 0.3) is 0 Å². The van der Waals surface area contributed by atoms with Gasteiger partial charge in [0.05, 0.1) is 37.7 Å². The van der Waals surface area contributed by atoms with Crippen molar-refractivity contribution in [2.45, 2.75) is 226 Å². The van der Waals surface area contributed by atoms with Crippen LogP contribution in [-0.2, 0) is 16.0 Å². The third-order valence-electron chi connectivity index (χ3n) is 11.2. The highest BCUT2D eigenvalue weighted by Gasteiger charge is 2.36. The van der Waals surface area contributed by atoms with Crippen molar-refractivity contribution in [3.63, 3.8) is 0 Å². The zero-order valence-corrected chi connectivity index (χ0v) is 37.2. The molecule has 51 heavy (non-hydrogen) atoms. The predicted molar refractivity (Wildman–Crippen MR) is 228 cm³/mol. The lowest BCUT2D eigenvalue weighted by Gasteiger charge is -2.28. The van der Waals surface area contributed by atoms with Crippen LogP contribution in [0.15, 0.2) is 30.3 Å². The number of hydrogen-bond donors (Lipinski definition) is 0. The van der Waals surface area contributed by atoms with Crippen molar-refractivity contribution in [1.82, 2.24) is 0 Å². The molecule has 1 aromatic carbocycles. The molecule has 0 saturated heterocycles. The molecule has 0 bridgehead atoms. The summed E-state index contributed by atoms with van der Waals surface area (Å²) in [7, 11) is -1.16. The summed E-state index contributed by atoms with van der Waals surface area (Å²) in [5, 5.41) is 0. The number of esters is 1. The van der Waals surface area contributed by atoms with E-state index in [9.17, 15) is 4.79 Å². The second kappa shape index (κ2) is 39.3. The molecule has 0 atom stereocenters. The molecule has 0 spiro atoms. The number of halogens is 1. The summed E-state index contributed by atoms with van der Waals surface area (Å²) in [5.74, 6) is 0.0551. The maximum absolute atomic E-state index is 13.1. The molecule has 0 aliphatic carbocycles. The molecule has 0 N–H and O–H groups in total. The van der Waals surface area contributed by atoms with E-state index in [-0.39, 0.29) is 23.0 Å². The van der Waals surface area contributed by atoms with Crippen LogP contribution >= 0.6 is 7.26 Å². The van der Waals surface area contributed by atoms with E-state index in [2.05, 4.69) is 51.1 Å². The SMILES string of the molecule is CCCCCCCCCCCC[P+](CCCCCCCCCCCC)(CCCCCCCCCCCC)CCC(=O)OCCc1ccccc1.[Br-]. The van der Waals surface area contributed by atoms with Gasteiger partial charge in [-0.1, -0.05) is 205 Å². The van der Waals surface area contributed by atoms with Crippen LogP contribution in [0.2, 0.25) is 0 Å². The highest BCUT2D eigenvalue weighted by atomic mass is 79.9. The van der Waals surface area contributed by atoms with Crippen molar-refractivity contribution in [1.29, 1.82) is 0 Å². The van der Waals surface area contributed by atoms with Crippen LogP contribution in [0, 0.1) is 0 Å². The summed E-state index contributed by atoms with van der Waals surface area (Å²) in [6, 6.07) is 10.5. The maximum atomic E-state index is 13.1. The Hall–Kier alpha value is -0.400. The second-order valence-corrected chi connectivity index (χ2v) is 20.5. The third kappa shape index (κ3) is 32.7. The van der Waals surface area contributed by atoms with Gasteiger partial charge < -0.3 is 21.7 Å². The van der Waals surface area contributed by atoms with Crippen molar-refractivity contribution in [2.75, 3.05) is 31.3 Å². The number of rotatable bonds is 39. The molecule has 1 aromatic rings. The van der Waals surface area contributed by atoms with Crippen molar-refractivity contribution in [3.8, 4) is 0 Å². The lowest BCUT2D eigenvalue weighted by atomic mass is 10.1. The first-order valence-corrected chi connectivity index (χ1v) is 25.2. The minimum absolute atomic E-state index is 0. The molecule has 0 aliphatic rings. The van der Waals surface area contributed by atoms with Gasteiger partial charge in [-0.2, -0.15) is 0 Å². The number of unbranched alkanes of at least 4 members (excludes halogenated alkanes) is 27. The fraction of sp³-hybridized carbons (Fsp3) is 0.851. The molecule has 0 unspecified atom stereocenters. The first-order valence-electron chi connectivity index (χ1n) is 22.7. The number of ether oxygens (including phenoxy) is 1. The zero-order valence-electron chi connectivity index (χ0n) is 34.7. The second-order valence-electron chi connectivity index (χ2n) is 16.0. The molecule has 1 rings (SSSR count). The molecule has 0 radical (unpaired) electrons. The van der Waals surface area contributed by atoms with Crippen molar-refractivity contribution < 1.29 is 26.5 Å². The minimum Gasteiger partial charge on any atom is -1.00 e. The van der Waals surface area contributed by atoms with Gasteiger partial charge in [0.1, 0.15) is 0 Å². The van der Waals surface area contributed by atoms with Crippen molar-refractivity contribution in [3.05, 3.63) is 35.9 Å². The lowest BCUT2D eigenvalue weighted by Crippen LogP contribution is -3.00. The number of carbonyl (C=O) groups is 1. The largest absolute Gasteiger partial charge is 1.00 e. The summed E-state index contributed by atoms with van der Waals surface area (Å²) in [6.07, 6.45) is 49.1. The molecule has 2 nitrogen and oxygen atoms in total. The molecule has 0 saturated carbocycles. The standard InChI is InChI=1S/C47H88O2P.BrH/c1-4-7-10-13-16-19-22-25-28-34-42-50(43-35-29-26-23-20-17-14-11-8-5-2,44-36-30-27-24-21-18-15-12-9-6-3)45-40-47(48)49-41-39-46-37-32-31-33-38-46;/h31-33,37-38H,4-30,34-36,39-45H2,1-3H3;1H/q+1;/p-1. The molecule has 0 aromatic heterocycles. The predicted octanol–water partition coefficient (Wildman–Crippen LogP) is 12.9. The van der Waals surface area contributed by atoms with Gasteiger partial charge in [0.25, 0.3) is 0 Å². The van der Waals surface area contributed by atoms with Gasteiger partial charge in [-0.05, 0) is 44.1 Å². The quantitative estimate of drug-likeness (QED) is 0.0377. The number of carbonyl (C=O) groups excluding carboxylic acids is 1. The third-order valence-corrected chi connectivity index (χ3v) is 16.2. The van der Waals surface area contributed by atoms with E-state index in [1.165, 1.54) is 217 Å². The smallest absolute Gasteiger partial charge is 0.309 e. The first-order chi connectivity index (χ1) is 24.7. The highest BCUT2D eigenvalue weighted by Crippen LogP contribution is 2.61. The molecular formula is C47H88BrO2P. The van der Waals surface area contributed by atoms with Crippen LogP contribution in [0.1, 0.15) is 225 Å². The molecule has 0 heterocycles. The Bertz CT molecular complexity index is 771. The van der Waals surface area contributed by atoms with E-state index in [4.69, 9.17) is 4.74 Å². The summed E-state index contributed by atoms with van der Waals surface area (Å²) in [4.78, 5) is 13.1. The average molecular weight is 796 g/mol. The van der Waals surface area contributed by atoms with Gasteiger partial charge in [0.2, 0.25) is 0 Å². The van der Waals surface area contributed by atoms with E-state index in [0.29, 0.717) is 13.0 Å². The van der Waals surface area contributed by atoms with E-state index < -0.39 is 7.26 Å². The highest BCUT2D eigenvalue weighted by molar-refractivity contribution is 7.75. The van der Waals surface area contributed by atoms with Crippen LogP contribution < -0.4 is 17.0 Å². The monoisotopic (exact) mass is 795 g/mol. The Kier molecular flexibility index (Phi) is 39.0. The molecular weight excluding hydrogens is 707 g/mol. The van der Waals surface area contributed by atoms with E-state index in [0.717, 1.165) is 12.6 Å². The minimum atomic E-state index is -1.16. The first kappa shape index (κ1) is 50.6. The average Bonchev–Trinajstić information content (AvgIpc) is 3.13. The Morgan fingerprint density at radius 2 is 0.765 bits per heavy atom. The molecule has 300 valence electrons. The Balaban J connectivity index is 0.0000250. The molecule has 4 heteroatoms. The van der Waals surface area contributed by atoms with E-state index in [1.807, 2.05) is 0 Å². The van der Waals surface area contributed by atoms with Gasteiger partial charge in [-0.15, -0.1) is 0 Å². The summed E-state index contributed by atoms with van der Waals surface area (Å²) in [6.45, 7) is 7.45. The van der Waals surface area contributed by atoms with E-state index in [1.54, 1.807) is 0 Å². The Morgan fingerprint density at radius 3 is 1.10 bits per heavy atom. The number of hydrogen-bond acceptors (Lipinski definition) is 2. The van der Waals surface area contributed by atoms with Gasteiger partial charge in [-0.25, -0.2) is 0 Å². The van der Waals surface area contributed by atoms with E-state index >= 15 is 0 Å². The van der Waals surface area contributed by atoms with Crippen LogP contribution in [0.3, 0.4) is 0 Å². The maximum Gasteiger partial charge on any atom is 0.309 e. The lowest BCUT2D eigenvalue weighted by molar-refractivity contribution is -0.143. The Labute approximate surface area is 331 Å². The zero-order chi connectivity index (χ0) is 36.1. The summed E-state index contributed by atoms with van der Waals surface area (Å²) in [5.41, 5.74) is 1.25. The molecule has 0 amide bonds. The Morgan fingerprint density at radius 1 is 0.451 bits per heavy atom. The topological polar surface area (TPSA) is 26.3 Å². The van der Waals surface area contributed by atoms with Gasteiger partial charge >= 0.3 is 5.97 Å². The van der Waals surface area contributed by atoms with Crippen molar-refractivity contribution in [2.24, 2.45) is 0 Å². The summed E-state index contributed by atoms with van der Waals surface area (Å²) < 4.78 is 5.84.